The average molecular weight is 361 g/mol. The third-order valence-corrected chi connectivity index (χ3v) is 3.17. The zero-order valence-corrected chi connectivity index (χ0v) is 13.9. The quantitative estimate of drug-likeness (QED) is 0.465. The van der Waals surface area contributed by atoms with Crippen molar-refractivity contribution in [1.29, 1.82) is 0 Å². The zero-order valence-electron chi connectivity index (χ0n) is 13.9. The Labute approximate surface area is 149 Å². The molecule has 2 aromatic carbocycles. The highest BCUT2D eigenvalue weighted by atomic mass is 16.6. The largest absolute Gasteiger partial charge is 0.507 e. The van der Waals surface area contributed by atoms with Crippen LogP contribution in [-0.4, -0.2) is 48.7 Å². The summed E-state index contributed by atoms with van der Waals surface area (Å²) in [5.41, 5.74) is -0.119. The van der Waals surface area contributed by atoms with Gasteiger partial charge in [0.2, 0.25) is 0 Å². The van der Waals surface area contributed by atoms with E-state index in [1.807, 2.05) is 30.3 Å². The van der Waals surface area contributed by atoms with Crippen LogP contribution in [0.15, 0.2) is 48.5 Å². The van der Waals surface area contributed by atoms with Crippen LogP contribution in [0.4, 0.5) is 10.5 Å². The number of phenols is 1. The molecule has 2 rings (SSSR count). The maximum absolute atomic E-state index is 11.6. The molecule has 0 spiro atoms. The molecular weight excluding hydrogens is 342 g/mol. The van der Waals surface area contributed by atoms with Crippen molar-refractivity contribution in [2.75, 3.05) is 31.7 Å². The third kappa shape index (κ3) is 6.33. The minimum absolute atomic E-state index is 0.0288. The summed E-state index contributed by atoms with van der Waals surface area (Å²) in [5, 5.41) is 20.7. The standard InChI is InChI=1S/C18H19NO7/c20-16-7-6-13(12-15(16)17(21)22)19-18(23)26-11-9-24-8-10-25-14-4-2-1-3-5-14/h1-7,12,20H,8-11H2,(H,19,23)(H,21,22). The lowest BCUT2D eigenvalue weighted by molar-refractivity contribution is 0.0617. The predicted molar refractivity (Wildman–Crippen MR) is 92.8 cm³/mol. The summed E-state index contributed by atoms with van der Waals surface area (Å²) >= 11 is 0. The van der Waals surface area contributed by atoms with Crippen LogP contribution in [0.1, 0.15) is 10.4 Å². The number of rotatable bonds is 9. The first kappa shape index (κ1) is 19.1. The van der Waals surface area contributed by atoms with Gasteiger partial charge in [0, 0.05) is 5.69 Å². The number of anilines is 1. The van der Waals surface area contributed by atoms with Crippen molar-refractivity contribution in [2.24, 2.45) is 0 Å². The van der Waals surface area contributed by atoms with E-state index < -0.39 is 12.1 Å². The minimum atomic E-state index is -1.30. The van der Waals surface area contributed by atoms with Crippen molar-refractivity contribution in [3.63, 3.8) is 0 Å². The molecule has 0 fully saturated rings. The Bertz CT molecular complexity index is 734. The highest BCUT2D eigenvalue weighted by molar-refractivity contribution is 5.93. The van der Waals surface area contributed by atoms with Crippen molar-refractivity contribution in [3.8, 4) is 11.5 Å². The topological polar surface area (TPSA) is 114 Å². The number of aromatic hydroxyl groups is 1. The van der Waals surface area contributed by atoms with Crippen LogP contribution in [0.25, 0.3) is 0 Å². The average Bonchev–Trinajstić information content (AvgIpc) is 2.63. The molecule has 0 aromatic heterocycles. The van der Waals surface area contributed by atoms with Gasteiger partial charge < -0.3 is 24.4 Å². The Morgan fingerprint density at radius 2 is 1.69 bits per heavy atom. The van der Waals surface area contributed by atoms with Gasteiger partial charge in [0.15, 0.2) is 0 Å². The molecule has 0 saturated carbocycles. The molecule has 0 unspecified atom stereocenters. The van der Waals surface area contributed by atoms with Crippen LogP contribution >= 0.6 is 0 Å². The number of para-hydroxylation sites is 1. The molecular formula is C18H19NO7. The number of carboxylic acids is 1. The number of nitrogens with one attached hydrogen (secondary N) is 1. The first-order valence-corrected chi connectivity index (χ1v) is 7.82. The van der Waals surface area contributed by atoms with Crippen molar-refractivity contribution < 1.29 is 34.0 Å². The molecule has 0 radical (unpaired) electrons. The second-order valence-corrected chi connectivity index (χ2v) is 5.07. The molecule has 0 aliphatic carbocycles. The number of hydrogen-bond acceptors (Lipinski definition) is 6. The van der Waals surface area contributed by atoms with Crippen molar-refractivity contribution in [1.82, 2.24) is 0 Å². The van der Waals surface area contributed by atoms with Crippen LogP contribution in [0.5, 0.6) is 11.5 Å². The fourth-order valence-electron chi connectivity index (χ4n) is 1.97. The number of carbonyl (C=O) groups excluding carboxylic acids is 1. The molecule has 1 amide bonds. The van der Waals surface area contributed by atoms with Gasteiger partial charge in [0.05, 0.1) is 13.2 Å². The Hall–Kier alpha value is -3.26. The van der Waals surface area contributed by atoms with Gasteiger partial charge in [-0.1, -0.05) is 18.2 Å². The van der Waals surface area contributed by atoms with E-state index in [-0.39, 0.29) is 30.2 Å². The highest BCUT2D eigenvalue weighted by Crippen LogP contribution is 2.21. The van der Waals surface area contributed by atoms with E-state index in [1.54, 1.807) is 0 Å². The third-order valence-electron chi connectivity index (χ3n) is 3.17. The van der Waals surface area contributed by atoms with Gasteiger partial charge in [-0.05, 0) is 30.3 Å². The van der Waals surface area contributed by atoms with Gasteiger partial charge in [0.25, 0.3) is 0 Å². The second kappa shape index (κ2) is 9.90. The molecule has 0 atom stereocenters. The fourth-order valence-corrected chi connectivity index (χ4v) is 1.97. The summed E-state index contributed by atoms with van der Waals surface area (Å²) in [6.45, 7) is 0.948. The lowest BCUT2D eigenvalue weighted by Gasteiger charge is -2.09. The van der Waals surface area contributed by atoms with Crippen LogP contribution in [0, 0.1) is 0 Å². The molecule has 0 heterocycles. The van der Waals surface area contributed by atoms with Crippen LogP contribution < -0.4 is 10.1 Å². The molecule has 0 saturated heterocycles. The Kier molecular flexibility index (Phi) is 7.26. The normalized spacial score (nSPS) is 10.2. The molecule has 26 heavy (non-hydrogen) atoms. The fraction of sp³-hybridized carbons (Fsp3) is 0.222. The maximum Gasteiger partial charge on any atom is 0.411 e. The highest BCUT2D eigenvalue weighted by Gasteiger charge is 2.11. The number of hydrogen-bond donors (Lipinski definition) is 3. The maximum atomic E-state index is 11.6. The van der Waals surface area contributed by atoms with Gasteiger partial charge >= 0.3 is 12.1 Å². The van der Waals surface area contributed by atoms with E-state index in [1.165, 1.54) is 12.1 Å². The smallest absolute Gasteiger partial charge is 0.411 e. The van der Waals surface area contributed by atoms with Gasteiger partial charge in [-0.2, -0.15) is 0 Å². The number of benzene rings is 2. The van der Waals surface area contributed by atoms with Gasteiger partial charge in [0.1, 0.15) is 30.3 Å². The van der Waals surface area contributed by atoms with E-state index in [0.717, 1.165) is 11.8 Å². The number of amides is 1. The molecule has 0 aliphatic heterocycles. The number of aromatic carboxylic acids is 1. The predicted octanol–water partition coefficient (Wildman–Crippen LogP) is 2.73. The second-order valence-electron chi connectivity index (χ2n) is 5.07. The molecule has 8 heteroatoms. The Morgan fingerprint density at radius 3 is 2.42 bits per heavy atom. The van der Waals surface area contributed by atoms with E-state index in [2.05, 4.69) is 5.32 Å². The molecule has 3 N–H and O–H groups in total. The Morgan fingerprint density at radius 1 is 0.962 bits per heavy atom. The van der Waals surface area contributed by atoms with E-state index in [9.17, 15) is 14.7 Å². The first-order chi connectivity index (χ1) is 12.6. The minimum Gasteiger partial charge on any atom is -0.507 e. The van der Waals surface area contributed by atoms with Crippen LogP contribution in [-0.2, 0) is 9.47 Å². The van der Waals surface area contributed by atoms with E-state index in [4.69, 9.17) is 19.3 Å². The Balaban J connectivity index is 1.60. The van der Waals surface area contributed by atoms with Gasteiger partial charge in [-0.15, -0.1) is 0 Å². The monoisotopic (exact) mass is 361 g/mol. The van der Waals surface area contributed by atoms with E-state index in [0.29, 0.717) is 13.2 Å². The first-order valence-electron chi connectivity index (χ1n) is 7.82. The number of ether oxygens (including phenoxy) is 3. The van der Waals surface area contributed by atoms with Crippen molar-refractivity contribution in [3.05, 3.63) is 54.1 Å². The van der Waals surface area contributed by atoms with Crippen molar-refractivity contribution in [2.45, 2.75) is 0 Å². The lowest BCUT2D eigenvalue weighted by atomic mass is 10.2. The molecule has 138 valence electrons. The van der Waals surface area contributed by atoms with E-state index >= 15 is 0 Å². The van der Waals surface area contributed by atoms with Crippen LogP contribution in [0.2, 0.25) is 0 Å². The number of carbonyl (C=O) groups is 2. The molecule has 2 aromatic rings. The summed E-state index contributed by atoms with van der Waals surface area (Å²) in [7, 11) is 0. The lowest BCUT2D eigenvalue weighted by Crippen LogP contribution is -2.18. The van der Waals surface area contributed by atoms with Gasteiger partial charge in [-0.3, -0.25) is 5.32 Å². The molecule has 8 nitrogen and oxygen atoms in total. The van der Waals surface area contributed by atoms with Crippen molar-refractivity contribution >= 4 is 17.7 Å². The molecule has 0 aliphatic rings. The zero-order chi connectivity index (χ0) is 18.8. The number of carboxylic acid groups (broad SMARTS) is 1. The summed E-state index contributed by atoms with van der Waals surface area (Å²) in [5.74, 6) is -0.936. The molecule has 0 bridgehead atoms. The summed E-state index contributed by atoms with van der Waals surface area (Å²) in [4.78, 5) is 22.5. The summed E-state index contributed by atoms with van der Waals surface area (Å²) in [6.07, 6.45) is -0.754. The summed E-state index contributed by atoms with van der Waals surface area (Å²) in [6, 6.07) is 13.0. The SMILES string of the molecule is O=C(Nc1ccc(O)c(C(=O)O)c1)OCCOCCOc1ccccc1. The summed E-state index contributed by atoms with van der Waals surface area (Å²) < 4.78 is 15.6. The van der Waals surface area contributed by atoms with Gasteiger partial charge in [-0.25, -0.2) is 9.59 Å². The van der Waals surface area contributed by atoms with Crippen LogP contribution in [0.3, 0.4) is 0 Å².